The number of carbonyl (C=O) groups is 2. The molecule has 0 saturated heterocycles. The Morgan fingerprint density at radius 1 is 1.43 bits per heavy atom. The second-order valence-electron chi connectivity index (χ2n) is 2.67. The lowest BCUT2D eigenvalue weighted by atomic mass is 10.3. The van der Waals surface area contributed by atoms with Crippen molar-refractivity contribution in [2.75, 3.05) is 6.61 Å². The minimum atomic E-state index is -0.346. The molecule has 0 aromatic carbocycles. The summed E-state index contributed by atoms with van der Waals surface area (Å²) >= 11 is 0. The molecule has 0 aliphatic rings. The van der Waals surface area contributed by atoms with Gasteiger partial charge in [0.25, 0.3) is 0 Å². The Labute approximate surface area is 81.7 Å². The molecule has 0 radical (unpaired) electrons. The van der Waals surface area contributed by atoms with Crippen molar-refractivity contribution in [2.45, 2.75) is 19.8 Å². The summed E-state index contributed by atoms with van der Waals surface area (Å²) in [7, 11) is 0. The van der Waals surface area contributed by atoms with E-state index in [2.05, 4.69) is 4.98 Å². The van der Waals surface area contributed by atoms with Gasteiger partial charge in [-0.25, -0.2) is 4.98 Å². The van der Waals surface area contributed by atoms with E-state index in [0.717, 1.165) is 0 Å². The van der Waals surface area contributed by atoms with E-state index < -0.39 is 0 Å². The highest BCUT2D eigenvalue weighted by Crippen LogP contribution is 1.97. The molecular weight excluding hydrogens is 184 g/mol. The van der Waals surface area contributed by atoms with Crippen LogP contribution in [0.2, 0.25) is 0 Å². The van der Waals surface area contributed by atoms with Crippen molar-refractivity contribution < 1.29 is 14.3 Å². The second-order valence-corrected chi connectivity index (χ2v) is 2.67. The average Bonchev–Trinajstić information content (AvgIpc) is 2.67. The molecule has 1 aromatic rings. The van der Waals surface area contributed by atoms with Gasteiger partial charge in [-0.2, -0.15) is 0 Å². The maximum Gasteiger partial charge on any atom is 0.306 e. The molecule has 0 amide bonds. The van der Waals surface area contributed by atoms with Crippen molar-refractivity contribution in [1.82, 2.24) is 9.55 Å². The third-order valence-electron chi connectivity index (χ3n) is 1.64. The topological polar surface area (TPSA) is 61.2 Å². The van der Waals surface area contributed by atoms with Gasteiger partial charge in [-0.15, -0.1) is 0 Å². The zero-order chi connectivity index (χ0) is 10.4. The van der Waals surface area contributed by atoms with Crippen molar-refractivity contribution in [3.8, 4) is 0 Å². The zero-order valence-corrected chi connectivity index (χ0v) is 7.97. The molecule has 0 bridgehead atoms. The lowest BCUT2D eigenvalue weighted by Crippen LogP contribution is -2.12. The summed E-state index contributed by atoms with van der Waals surface area (Å²) in [6, 6.07) is 0. The van der Waals surface area contributed by atoms with Crippen LogP contribution in [0.3, 0.4) is 0 Å². The van der Waals surface area contributed by atoms with E-state index in [1.165, 1.54) is 17.1 Å². The highest BCUT2D eigenvalue weighted by atomic mass is 16.5. The summed E-state index contributed by atoms with van der Waals surface area (Å²) in [5.41, 5.74) is 0. The van der Waals surface area contributed by atoms with Gasteiger partial charge in [-0.1, -0.05) is 0 Å². The monoisotopic (exact) mass is 196 g/mol. The van der Waals surface area contributed by atoms with Crippen molar-refractivity contribution >= 4 is 11.9 Å². The molecule has 14 heavy (non-hydrogen) atoms. The van der Waals surface area contributed by atoms with Gasteiger partial charge >= 0.3 is 5.97 Å². The van der Waals surface area contributed by atoms with E-state index in [9.17, 15) is 9.59 Å². The molecular formula is C9H12N2O3. The van der Waals surface area contributed by atoms with E-state index in [1.54, 1.807) is 13.1 Å². The predicted octanol–water partition coefficient (Wildman–Crippen LogP) is 0.867. The number of ether oxygens (including phenoxy) is 1. The Balaban J connectivity index is 2.32. The van der Waals surface area contributed by atoms with Crippen LogP contribution in [0.1, 0.15) is 24.6 Å². The van der Waals surface area contributed by atoms with Crippen LogP contribution >= 0.6 is 0 Å². The number of rotatable bonds is 4. The molecule has 0 N–H and O–H groups in total. The van der Waals surface area contributed by atoms with Crippen LogP contribution in [-0.2, 0) is 9.53 Å². The van der Waals surface area contributed by atoms with Crippen molar-refractivity contribution in [2.24, 2.45) is 0 Å². The SMILES string of the molecule is CCOC(=O)CCC(=O)n1ccnc1. The van der Waals surface area contributed by atoms with Gasteiger partial charge in [0, 0.05) is 18.8 Å². The predicted molar refractivity (Wildman–Crippen MR) is 48.7 cm³/mol. The van der Waals surface area contributed by atoms with Crippen LogP contribution in [0.25, 0.3) is 0 Å². The summed E-state index contributed by atoms with van der Waals surface area (Å²) in [6.07, 6.45) is 4.74. The third-order valence-corrected chi connectivity index (χ3v) is 1.64. The quantitative estimate of drug-likeness (QED) is 0.670. The van der Waals surface area contributed by atoms with Gasteiger partial charge in [-0.3, -0.25) is 14.2 Å². The molecule has 0 unspecified atom stereocenters. The number of imidazole rings is 1. The van der Waals surface area contributed by atoms with Crippen LogP contribution in [0.5, 0.6) is 0 Å². The standard InChI is InChI=1S/C9H12N2O3/c1-2-14-9(13)4-3-8(12)11-6-5-10-7-11/h5-7H,2-4H2,1H3. The van der Waals surface area contributed by atoms with Crippen LogP contribution in [0.15, 0.2) is 18.7 Å². The number of carbonyl (C=O) groups excluding carboxylic acids is 2. The average molecular weight is 196 g/mol. The Bertz CT molecular complexity index is 306. The first kappa shape index (κ1) is 10.4. The third kappa shape index (κ3) is 3.01. The second kappa shape index (κ2) is 5.16. The lowest BCUT2D eigenvalue weighted by molar-refractivity contribution is -0.143. The van der Waals surface area contributed by atoms with Gasteiger partial charge in [0.05, 0.1) is 13.0 Å². The highest BCUT2D eigenvalue weighted by Gasteiger charge is 2.08. The maximum absolute atomic E-state index is 11.3. The number of esters is 1. The smallest absolute Gasteiger partial charge is 0.306 e. The molecule has 0 aliphatic heterocycles. The van der Waals surface area contributed by atoms with Crippen LogP contribution in [0.4, 0.5) is 0 Å². The Morgan fingerprint density at radius 3 is 2.79 bits per heavy atom. The summed E-state index contributed by atoms with van der Waals surface area (Å²) in [6.45, 7) is 2.08. The van der Waals surface area contributed by atoms with Crippen molar-refractivity contribution in [3.63, 3.8) is 0 Å². The largest absolute Gasteiger partial charge is 0.466 e. The summed E-state index contributed by atoms with van der Waals surface area (Å²) in [4.78, 5) is 26.0. The molecule has 0 spiro atoms. The van der Waals surface area contributed by atoms with E-state index in [-0.39, 0.29) is 24.7 Å². The number of hydrogen-bond acceptors (Lipinski definition) is 4. The molecule has 1 aromatic heterocycles. The number of hydrogen-bond donors (Lipinski definition) is 0. The normalized spacial score (nSPS) is 9.79. The summed E-state index contributed by atoms with van der Waals surface area (Å²) in [5.74, 6) is -0.503. The molecule has 0 aliphatic carbocycles. The van der Waals surface area contributed by atoms with Gasteiger partial charge < -0.3 is 4.74 Å². The summed E-state index contributed by atoms with van der Waals surface area (Å²) in [5, 5.41) is 0. The molecule has 0 atom stereocenters. The molecule has 0 fully saturated rings. The Morgan fingerprint density at radius 2 is 2.21 bits per heavy atom. The van der Waals surface area contributed by atoms with Gasteiger partial charge in [0.2, 0.25) is 5.91 Å². The van der Waals surface area contributed by atoms with E-state index >= 15 is 0 Å². The fourth-order valence-corrected chi connectivity index (χ4v) is 0.978. The van der Waals surface area contributed by atoms with E-state index in [4.69, 9.17) is 4.74 Å². The fraction of sp³-hybridized carbons (Fsp3) is 0.444. The van der Waals surface area contributed by atoms with E-state index in [1.807, 2.05) is 0 Å². The Kier molecular flexibility index (Phi) is 3.84. The maximum atomic E-state index is 11.3. The molecule has 1 rings (SSSR count). The van der Waals surface area contributed by atoms with Crippen molar-refractivity contribution in [1.29, 1.82) is 0 Å². The first-order valence-electron chi connectivity index (χ1n) is 4.40. The van der Waals surface area contributed by atoms with Gasteiger partial charge in [0.1, 0.15) is 6.33 Å². The molecule has 0 saturated carbocycles. The highest BCUT2D eigenvalue weighted by molar-refractivity contribution is 5.82. The summed E-state index contributed by atoms with van der Waals surface area (Å²) < 4.78 is 6.04. The van der Waals surface area contributed by atoms with Crippen LogP contribution in [0, 0.1) is 0 Å². The minimum Gasteiger partial charge on any atom is -0.466 e. The first-order chi connectivity index (χ1) is 6.74. The fourth-order valence-electron chi connectivity index (χ4n) is 0.978. The zero-order valence-electron chi connectivity index (χ0n) is 7.97. The van der Waals surface area contributed by atoms with Crippen LogP contribution < -0.4 is 0 Å². The molecule has 76 valence electrons. The molecule has 1 heterocycles. The van der Waals surface area contributed by atoms with Crippen molar-refractivity contribution in [3.05, 3.63) is 18.7 Å². The van der Waals surface area contributed by atoms with E-state index in [0.29, 0.717) is 6.61 Å². The minimum absolute atomic E-state index is 0.116. The van der Waals surface area contributed by atoms with Gasteiger partial charge in [0.15, 0.2) is 0 Å². The lowest BCUT2D eigenvalue weighted by Gasteiger charge is -2.01. The van der Waals surface area contributed by atoms with Gasteiger partial charge in [-0.05, 0) is 6.92 Å². The number of aromatic nitrogens is 2. The molecule has 5 nitrogen and oxygen atoms in total. The van der Waals surface area contributed by atoms with Crippen LogP contribution in [-0.4, -0.2) is 28.0 Å². The Hall–Kier alpha value is -1.65. The molecule has 5 heteroatoms. The number of nitrogens with zero attached hydrogens (tertiary/aromatic N) is 2. The first-order valence-corrected chi connectivity index (χ1v) is 4.40.